The molecule has 0 bridgehead atoms. The van der Waals surface area contributed by atoms with Gasteiger partial charge in [-0.2, -0.15) is 0 Å². The molecule has 18 heavy (non-hydrogen) atoms. The third-order valence-corrected chi connectivity index (χ3v) is 2.30. The molecular formula is C14H19FO3. The van der Waals surface area contributed by atoms with Crippen LogP contribution in [-0.4, -0.2) is 25.3 Å². The summed E-state index contributed by atoms with van der Waals surface area (Å²) in [6, 6.07) is 6.23. The molecule has 0 saturated carbocycles. The fraction of sp³-hybridized carbons (Fsp3) is 0.500. The summed E-state index contributed by atoms with van der Waals surface area (Å²) in [6.45, 7) is 4.51. The summed E-state index contributed by atoms with van der Waals surface area (Å²) >= 11 is 0. The maximum atomic E-state index is 12.9. The number of carbonyl (C=O) groups is 1. The van der Waals surface area contributed by atoms with Crippen LogP contribution in [0.15, 0.2) is 24.3 Å². The number of hydrogen-bond acceptors (Lipinski definition) is 3. The van der Waals surface area contributed by atoms with Crippen molar-refractivity contribution in [3.63, 3.8) is 0 Å². The van der Waals surface area contributed by atoms with Crippen LogP contribution in [0.2, 0.25) is 0 Å². The van der Waals surface area contributed by atoms with Gasteiger partial charge in [0.2, 0.25) is 0 Å². The minimum absolute atomic E-state index is 0.135. The lowest BCUT2D eigenvalue weighted by molar-refractivity contribution is -0.145. The molecule has 3 nitrogen and oxygen atoms in total. The first-order valence-electron chi connectivity index (χ1n) is 6.09. The monoisotopic (exact) mass is 254 g/mol. The van der Waals surface area contributed by atoms with Crippen LogP contribution in [0.5, 0.6) is 0 Å². The van der Waals surface area contributed by atoms with Crippen LogP contribution in [0.3, 0.4) is 0 Å². The van der Waals surface area contributed by atoms with Crippen molar-refractivity contribution in [2.24, 2.45) is 0 Å². The second-order valence-corrected chi connectivity index (χ2v) is 4.27. The van der Waals surface area contributed by atoms with E-state index in [1.807, 2.05) is 13.8 Å². The van der Waals surface area contributed by atoms with E-state index < -0.39 is 0 Å². The van der Waals surface area contributed by atoms with Gasteiger partial charge in [0.15, 0.2) is 0 Å². The Balaban J connectivity index is 2.17. The first kappa shape index (κ1) is 14.6. The highest BCUT2D eigenvalue weighted by atomic mass is 19.1. The van der Waals surface area contributed by atoms with Gasteiger partial charge in [-0.3, -0.25) is 4.79 Å². The molecule has 1 aromatic rings. The molecule has 0 aliphatic carbocycles. The molecule has 0 unspecified atom stereocenters. The third-order valence-electron chi connectivity index (χ3n) is 2.30. The van der Waals surface area contributed by atoms with Crippen molar-refractivity contribution < 1.29 is 18.7 Å². The van der Waals surface area contributed by atoms with Gasteiger partial charge in [0.1, 0.15) is 12.4 Å². The molecule has 0 saturated heterocycles. The van der Waals surface area contributed by atoms with Crippen LogP contribution in [0, 0.1) is 5.82 Å². The van der Waals surface area contributed by atoms with Crippen LogP contribution >= 0.6 is 0 Å². The number of hydrogen-bond donors (Lipinski definition) is 0. The van der Waals surface area contributed by atoms with Gasteiger partial charge >= 0.3 is 5.97 Å². The first-order chi connectivity index (χ1) is 8.58. The Labute approximate surface area is 107 Å². The van der Waals surface area contributed by atoms with E-state index in [0.29, 0.717) is 13.0 Å². The van der Waals surface area contributed by atoms with Crippen LogP contribution < -0.4 is 0 Å². The summed E-state index contributed by atoms with van der Waals surface area (Å²) in [5.41, 5.74) is 0.797. The molecule has 0 atom stereocenters. The van der Waals surface area contributed by atoms with Gasteiger partial charge in [-0.1, -0.05) is 12.1 Å². The van der Waals surface area contributed by atoms with Gasteiger partial charge in [-0.15, -0.1) is 0 Å². The van der Waals surface area contributed by atoms with Crippen molar-refractivity contribution >= 4 is 5.97 Å². The Bertz CT molecular complexity index is 377. The first-order valence-corrected chi connectivity index (χ1v) is 6.09. The predicted molar refractivity (Wildman–Crippen MR) is 66.8 cm³/mol. The summed E-state index contributed by atoms with van der Waals surface area (Å²) in [5.74, 6) is -0.571. The number of benzene rings is 1. The van der Waals surface area contributed by atoms with E-state index in [2.05, 4.69) is 0 Å². The molecule has 0 aromatic heterocycles. The van der Waals surface area contributed by atoms with E-state index in [0.717, 1.165) is 5.56 Å². The zero-order valence-electron chi connectivity index (χ0n) is 10.8. The van der Waals surface area contributed by atoms with Crippen molar-refractivity contribution in [1.82, 2.24) is 0 Å². The maximum Gasteiger partial charge on any atom is 0.306 e. The zero-order valence-corrected chi connectivity index (χ0v) is 10.8. The molecule has 0 aliphatic rings. The fourth-order valence-electron chi connectivity index (χ4n) is 1.45. The van der Waals surface area contributed by atoms with E-state index in [9.17, 15) is 9.18 Å². The maximum absolute atomic E-state index is 12.9. The average Bonchev–Trinajstić information content (AvgIpc) is 2.32. The number of rotatable bonds is 7. The Morgan fingerprint density at radius 2 is 2.11 bits per heavy atom. The number of ether oxygens (including phenoxy) is 2. The third kappa shape index (κ3) is 6.35. The summed E-state index contributed by atoms with van der Waals surface area (Å²) in [4.78, 5) is 11.4. The Hall–Kier alpha value is -1.42. The van der Waals surface area contributed by atoms with Gasteiger partial charge in [-0.25, -0.2) is 4.39 Å². The second kappa shape index (κ2) is 7.82. The van der Waals surface area contributed by atoms with E-state index in [1.54, 1.807) is 12.1 Å². The highest BCUT2D eigenvalue weighted by Gasteiger charge is 2.04. The van der Waals surface area contributed by atoms with E-state index in [4.69, 9.17) is 9.47 Å². The summed E-state index contributed by atoms with van der Waals surface area (Å²) < 4.78 is 23.1. The normalized spacial score (nSPS) is 10.7. The second-order valence-electron chi connectivity index (χ2n) is 4.27. The highest BCUT2D eigenvalue weighted by molar-refractivity contribution is 5.69. The topological polar surface area (TPSA) is 35.5 Å². The SMILES string of the molecule is CC(C)OCCOC(=O)CCc1cccc(F)c1. The fourth-order valence-corrected chi connectivity index (χ4v) is 1.45. The standard InChI is InChI=1S/C14H19FO3/c1-11(2)17-8-9-18-14(16)7-6-12-4-3-5-13(15)10-12/h3-5,10-11H,6-9H2,1-2H3. The zero-order chi connectivity index (χ0) is 13.4. The number of carbonyl (C=O) groups excluding carboxylic acids is 1. The number of aryl methyl sites for hydroxylation is 1. The quantitative estimate of drug-likeness (QED) is 0.554. The molecule has 0 aliphatic heterocycles. The van der Waals surface area contributed by atoms with Gasteiger partial charge in [0, 0.05) is 6.42 Å². The molecular weight excluding hydrogens is 235 g/mol. The van der Waals surface area contributed by atoms with Crippen LogP contribution in [-0.2, 0) is 20.7 Å². The lowest BCUT2D eigenvalue weighted by Gasteiger charge is -2.08. The molecule has 0 fully saturated rings. The van der Waals surface area contributed by atoms with Crippen molar-refractivity contribution in [2.75, 3.05) is 13.2 Å². The molecule has 0 heterocycles. The Morgan fingerprint density at radius 1 is 1.33 bits per heavy atom. The van der Waals surface area contributed by atoms with Crippen LogP contribution in [0.1, 0.15) is 25.8 Å². The molecule has 0 N–H and O–H groups in total. The van der Waals surface area contributed by atoms with E-state index >= 15 is 0 Å². The highest BCUT2D eigenvalue weighted by Crippen LogP contribution is 2.06. The van der Waals surface area contributed by atoms with E-state index in [-0.39, 0.29) is 30.9 Å². The molecule has 0 spiro atoms. The van der Waals surface area contributed by atoms with Crippen molar-refractivity contribution in [3.8, 4) is 0 Å². The summed E-state index contributed by atoms with van der Waals surface area (Å²) in [5, 5.41) is 0. The van der Waals surface area contributed by atoms with E-state index in [1.165, 1.54) is 12.1 Å². The molecule has 100 valence electrons. The van der Waals surface area contributed by atoms with Gasteiger partial charge in [0.05, 0.1) is 12.7 Å². The minimum atomic E-state index is -0.286. The Kier molecular flexibility index (Phi) is 6.36. The predicted octanol–water partition coefficient (Wildman–Crippen LogP) is 2.73. The molecule has 0 radical (unpaired) electrons. The van der Waals surface area contributed by atoms with Gasteiger partial charge in [0.25, 0.3) is 0 Å². The number of halogens is 1. The summed E-state index contributed by atoms with van der Waals surface area (Å²) in [6.07, 6.45) is 0.878. The van der Waals surface area contributed by atoms with Crippen LogP contribution in [0.25, 0.3) is 0 Å². The van der Waals surface area contributed by atoms with Crippen molar-refractivity contribution in [1.29, 1.82) is 0 Å². The average molecular weight is 254 g/mol. The van der Waals surface area contributed by atoms with Crippen molar-refractivity contribution in [2.45, 2.75) is 32.8 Å². The molecule has 0 amide bonds. The van der Waals surface area contributed by atoms with Crippen LogP contribution in [0.4, 0.5) is 4.39 Å². The minimum Gasteiger partial charge on any atom is -0.463 e. The number of esters is 1. The molecule has 1 aromatic carbocycles. The smallest absolute Gasteiger partial charge is 0.306 e. The largest absolute Gasteiger partial charge is 0.463 e. The van der Waals surface area contributed by atoms with Crippen molar-refractivity contribution in [3.05, 3.63) is 35.6 Å². The molecule has 1 rings (SSSR count). The lowest BCUT2D eigenvalue weighted by atomic mass is 10.1. The summed E-state index contributed by atoms with van der Waals surface area (Å²) in [7, 11) is 0. The van der Waals surface area contributed by atoms with Gasteiger partial charge in [-0.05, 0) is 38.0 Å². The van der Waals surface area contributed by atoms with Gasteiger partial charge < -0.3 is 9.47 Å². The molecule has 4 heteroatoms. The lowest BCUT2D eigenvalue weighted by Crippen LogP contribution is -2.13. The Morgan fingerprint density at radius 3 is 2.78 bits per heavy atom.